The summed E-state index contributed by atoms with van der Waals surface area (Å²) >= 11 is 0. The Morgan fingerprint density at radius 1 is 1.27 bits per heavy atom. The lowest BCUT2D eigenvalue weighted by molar-refractivity contribution is -0.137. The molecule has 0 fully saturated rings. The predicted octanol–water partition coefficient (Wildman–Crippen LogP) is 0.326. The van der Waals surface area contributed by atoms with Gasteiger partial charge >= 0.3 is 7.12 Å². The molecule has 4 nitrogen and oxygen atoms in total. The quantitative estimate of drug-likeness (QED) is 0.552. The van der Waals surface area contributed by atoms with Crippen LogP contribution in [0.2, 0.25) is 0 Å². The van der Waals surface area contributed by atoms with E-state index in [1.807, 2.05) is 0 Å². The largest absolute Gasteiger partial charge is 0.628 e. The Morgan fingerprint density at radius 3 is 1.82 bits per heavy atom. The highest BCUT2D eigenvalue weighted by atomic mass is 16.6. The fourth-order valence-corrected chi connectivity index (χ4v) is 0.447. The van der Waals surface area contributed by atoms with Gasteiger partial charge in [0.1, 0.15) is 0 Å². The zero-order valence-electron chi connectivity index (χ0n) is 6.49. The first-order chi connectivity index (χ1) is 5.06. The van der Waals surface area contributed by atoms with Gasteiger partial charge in [-0.25, -0.2) is 0 Å². The standard InChI is InChI=1S/C6H9BO4/c1-4-7(10-5(2)8)11-6(3)9/h4H,1H2,2-3H3. The van der Waals surface area contributed by atoms with Gasteiger partial charge in [-0.3, -0.25) is 9.59 Å². The van der Waals surface area contributed by atoms with E-state index >= 15 is 0 Å². The molecule has 0 bridgehead atoms. The van der Waals surface area contributed by atoms with Gasteiger partial charge < -0.3 is 9.31 Å². The Hall–Kier alpha value is -1.26. The lowest BCUT2D eigenvalue weighted by atomic mass is 9.91. The van der Waals surface area contributed by atoms with Gasteiger partial charge in [-0.05, 0) is 5.98 Å². The van der Waals surface area contributed by atoms with Crippen molar-refractivity contribution in [3.63, 3.8) is 0 Å². The Kier molecular flexibility index (Phi) is 4.03. The molecule has 0 radical (unpaired) electrons. The Morgan fingerprint density at radius 2 is 1.64 bits per heavy atom. The zero-order valence-corrected chi connectivity index (χ0v) is 6.49. The topological polar surface area (TPSA) is 52.6 Å². The van der Waals surface area contributed by atoms with Crippen LogP contribution in [-0.2, 0) is 18.9 Å². The molecule has 0 unspecified atom stereocenters. The van der Waals surface area contributed by atoms with Crippen molar-refractivity contribution in [3.8, 4) is 0 Å². The van der Waals surface area contributed by atoms with Gasteiger partial charge in [-0.2, -0.15) is 0 Å². The van der Waals surface area contributed by atoms with E-state index in [-0.39, 0.29) is 0 Å². The highest BCUT2D eigenvalue weighted by Gasteiger charge is 2.20. The maximum Gasteiger partial charge on any atom is 0.628 e. The highest BCUT2D eigenvalue weighted by Crippen LogP contribution is 1.91. The number of carbonyl (C=O) groups excluding carboxylic acids is 2. The summed E-state index contributed by atoms with van der Waals surface area (Å²) in [6.45, 7) is 5.76. The average Bonchev–Trinajstić information content (AvgIpc) is 1.84. The van der Waals surface area contributed by atoms with Crippen LogP contribution in [0.25, 0.3) is 0 Å². The van der Waals surface area contributed by atoms with E-state index < -0.39 is 19.1 Å². The van der Waals surface area contributed by atoms with Crippen molar-refractivity contribution in [1.29, 1.82) is 0 Å². The molecule has 0 amide bonds. The first kappa shape index (κ1) is 9.74. The normalized spacial score (nSPS) is 8.18. The monoisotopic (exact) mass is 156 g/mol. The SMILES string of the molecule is C=CB(OC(C)=O)OC(C)=O. The second-order valence-corrected chi connectivity index (χ2v) is 1.82. The molecule has 0 heterocycles. The summed E-state index contributed by atoms with van der Waals surface area (Å²) in [5.74, 6) is 0.190. The molecule has 0 atom stereocenters. The number of rotatable bonds is 3. The third-order valence-electron chi connectivity index (χ3n) is 0.757. The second kappa shape index (κ2) is 4.54. The van der Waals surface area contributed by atoms with Crippen molar-refractivity contribution in [2.45, 2.75) is 13.8 Å². The molecule has 0 rings (SSSR count). The van der Waals surface area contributed by atoms with Crippen LogP contribution >= 0.6 is 0 Å². The summed E-state index contributed by atoms with van der Waals surface area (Å²) in [7, 11) is -0.968. The first-order valence-corrected chi connectivity index (χ1v) is 3.03. The van der Waals surface area contributed by atoms with Crippen LogP contribution in [0.1, 0.15) is 13.8 Å². The molecule has 0 saturated heterocycles. The van der Waals surface area contributed by atoms with Crippen molar-refractivity contribution < 1.29 is 18.9 Å². The van der Waals surface area contributed by atoms with Crippen LogP contribution in [0, 0.1) is 0 Å². The second-order valence-electron chi connectivity index (χ2n) is 1.82. The smallest absolute Gasteiger partial charge is 0.496 e. The third-order valence-corrected chi connectivity index (χ3v) is 0.757. The zero-order chi connectivity index (χ0) is 8.85. The summed E-state index contributed by atoms with van der Waals surface area (Å²) < 4.78 is 9.02. The summed E-state index contributed by atoms with van der Waals surface area (Å²) in [6, 6.07) is 0. The summed E-state index contributed by atoms with van der Waals surface area (Å²) in [6.07, 6.45) is 0. The van der Waals surface area contributed by atoms with Crippen molar-refractivity contribution in [3.05, 3.63) is 12.6 Å². The van der Waals surface area contributed by atoms with Crippen molar-refractivity contribution in [2.24, 2.45) is 0 Å². The highest BCUT2D eigenvalue weighted by molar-refractivity contribution is 6.54. The van der Waals surface area contributed by atoms with Gasteiger partial charge in [-0.15, -0.1) is 6.58 Å². The van der Waals surface area contributed by atoms with E-state index in [4.69, 9.17) is 0 Å². The number of hydrogen-bond donors (Lipinski definition) is 0. The van der Waals surface area contributed by atoms with Crippen LogP contribution in [0.5, 0.6) is 0 Å². The van der Waals surface area contributed by atoms with E-state index in [2.05, 4.69) is 15.9 Å². The van der Waals surface area contributed by atoms with E-state index in [1.54, 1.807) is 0 Å². The van der Waals surface area contributed by atoms with Crippen molar-refractivity contribution >= 4 is 19.1 Å². The third kappa shape index (κ3) is 5.20. The molecular weight excluding hydrogens is 147 g/mol. The van der Waals surface area contributed by atoms with E-state index in [0.717, 1.165) is 0 Å². The Labute approximate surface area is 65.3 Å². The molecule has 0 spiro atoms. The van der Waals surface area contributed by atoms with Crippen LogP contribution in [0.15, 0.2) is 12.6 Å². The summed E-state index contributed by atoms with van der Waals surface area (Å²) in [4.78, 5) is 20.7. The molecule has 0 aromatic carbocycles. The van der Waals surface area contributed by atoms with Gasteiger partial charge in [0, 0.05) is 13.8 Å². The number of carbonyl (C=O) groups is 2. The molecule has 0 aromatic heterocycles. The van der Waals surface area contributed by atoms with Crippen LogP contribution in [-0.4, -0.2) is 19.1 Å². The van der Waals surface area contributed by atoms with Gasteiger partial charge in [0.25, 0.3) is 11.9 Å². The Bertz CT molecular complexity index is 161. The molecule has 60 valence electrons. The maximum absolute atomic E-state index is 10.3. The van der Waals surface area contributed by atoms with Crippen LogP contribution in [0.4, 0.5) is 0 Å². The molecule has 0 aliphatic carbocycles. The Balaban J connectivity index is 3.85. The molecule has 11 heavy (non-hydrogen) atoms. The number of hydrogen-bond acceptors (Lipinski definition) is 4. The molecule has 0 N–H and O–H groups in total. The lowest BCUT2D eigenvalue weighted by Gasteiger charge is -2.06. The van der Waals surface area contributed by atoms with Gasteiger partial charge in [-0.1, -0.05) is 0 Å². The molecular formula is C6H9BO4. The minimum Gasteiger partial charge on any atom is -0.496 e. The van der Waals surface area contributed by atoms with Gasteiger partial charge in [0.05, 0.1) is 0 Å². The van der Waals surface area contributed by atoms with Crippen LogP contribution < -0.4 is 0 Å². The molecule has 0 aromatic rings. The maximum atomic E-state index is 10.3. The van der Waals surface area contributed by atoms with E-state index in [1.165, 1.54) is 19.8 Å². The fourth-order valence-electron chi connectivity index (χ4n) is 0.447. The first-order valence-electron chi connectivity index (χ1n) is 3.03. The van der Waals surface area contributed by atoms with Gasteiger partial charge in [0.2, 0.25) is 0 Å². The van der Waals surface area contributed by atoms with E-state index in [9.17, 15) is 9.59 Å². The summed E-state index contributed by atoms with van der Waals surface area (Å²) in [5.41, 5.74) is 0. The molecule has 5 heteroatoms. The van der Waals surface area contributed by atoms with Gasteiger partial charge in [0.15, 0.2) is 0 Å². The minimum atomic E-state index is -0.968. The van der Waals surface area contributed by atoms with Crippen LogP contribution in [0.3, 0.4) is 0 Å². The predicted molar refractivity (Wildman–Crippen MR) is 39.5 cm³/mol. The summed E-state index contributed by atoms with van der Waals surface area (Å²) in [5, 5.41) is 0. The van der Waals surface area contributed by atoms with Crippen molar-refractivity contribution in [1.82, 2.24) is 0 Å². The average molecular weight is 156 g/mol. The minimum absolute atomic E-state index is 0.517. The van der Waals surface area contributed by atoms with E-state index in [0.29, 0.717) is 0 Å². The molecule has 0 aliphatic heterocycles. The van der Waals surface area contributed by atoms with Crippen molar-refractivity contribution in [2.75, 3.05) is 0 Å². The fraction of sp³-hybridized carbons (Fsp3) is 0.333. The molecule has 0 saturated carbocycles. The lowest BCUT2D eigenvalue weighted by Crippen LogP contribution is -2.25. The molecule has 0 aliphatic rings.